The third kappa shape index (κ3) is 2.61. The molecule has 0 spiro atoms. The number of rotatable bonds is 2. The number of aryl methyl sites for hydroxylation is 1. The average Bonchev–Trinajstić information content (AvgIpc) is 2.41. The minimum absolute atomic E-state index is 0.0871. The van der Waals surface area contributed by atoms with Crippen LogP contribution in [0.25, 0.3) is 0 Å². The summed E-state index contributed by atoms with van der Waals surface area (Å²) in [6.07, 6.45) is 1.28. The molecule has 1 aliphatic rings. The molecule has 3 rings (SSSR count). The maximum absolute atomic E-state index is 13.4. The second-order valence-corrected chi connectivity index (χ2v) is 5.80. The van der Waals surface area contributed by atoms with Crippen LogP contribution in [0.2, 0.25) is 0 Å². The topological polar surface area (TPSA) is 20.3 Å². The Morgan fingerprint density at radius 1 is 1.15 bits per heavy atom. The van der Waals surface area contributed by atoms with E-state index in [9.17, 15) is 9.18 Å². The molecule has 1 heterocycles. The van der Waals surface area contributed by atoms with E-state index in [1.54, 1.807) is 4.90 Å². The first kappa shape index (κ1) is 13.3. The molecule has 102 valence electrons. The van der Waals surface area contributed by atoms with Crippen molar-refractivity contribution in [3.63, 3.8) is 0 Å². The van der Waals surface area contributed by atoms with E-state index < -0.39 is 0 Å². The maximum atomic E-state index is 13.4. The number of amides is 1. The highest BCUT2D eigenvalue weighted by Crippen LogP contribution is 2.29. The predicted molar refractivity (Wildman–Crippen MR) is 80.1 cm³/mol. The molecule has 2 nitrogen and oxygen atoms in total. The fraction of sp³-hybridized carbons (Fsp3) is 0.188. The SMILES string of the molecule is O=C1CCc2ccccc2N1Cc1cc(F)cc(Br)c1. The number of benzene rings is 2. The molecule has 0 atom stereocenters. The van der Waals surface area contributed by atoms with Gasteiger partial charge in [-0.15, -0.1) is 0 Å². The number of fused-ring (bicyclic) bond motifs is 1. The molecule has 20 heavy (non-hydrogen) atoms. The first-order valence-corrected chi connectivity index (χ1v) is 7.26. The molecular formula is C16H13BrFNO. The van der Waals surface area contributed by atoms with Crippen LogP contribution in [0.1, 0.15) is 17.5 Å². The first-order valence-electron chi connectivity index (χ1n) is 6.47. The summed E-state index contributed by atoms with van der Waals surface area (Å²) in [7, 11) is 0. The van der Waals surface area contributed by atoms with Crippen molar-refractivity contribution in [1.29, 1.82) is 0 Å². The summed E-state index contributed by atoms with van der Waals surface area (Å²) in [5.74, 6) is -0.212. The molecule has 1 amide bonds. The molecule has 2 aromatic carbocycles. The van der Waals surface area contributed by atoms with Gasteiger partial charge in [-0.1, -0.05) is 34.1 Å². The summed E-state index contributed by atoms with van der Waals surface area (Å²) in [6, 6.07) is 12.6. The molecule has 0 aromatic heterocycles. The lowest BCUT2D eigenvalue weighted by Crippen LogP contribution is -2.34. The number of nitrogens with zero attached hydrogens (tertiary/aromatic N) is 1. The average molecular weight is 334 g/mol. The van der Waals surface area contributed by atoms with Gasteiger partial charge in [-0.05, 0) is 41.8 Å². The van der Waals surface area contributed by atoms with Gasteiger partial charge in [-0.25, -0.2) is 4.39 Å². The monoisotopic (exact) mass is 333 g/mol. The van der Waals surface area contributed by atoms with Crippen LogP contribution < -0.4 is 4.90 Å². The van der Waals surface area contributed by atoms with E-state index in [1.165, 1.54) is 17.7 Å². The van der Waals surface area contributed by atoms with Gasteiger partial charge >= 0.3 is 0 Å². The van der Waals surface area contributed by atoms with E-state index >= 15 is 0 Å². The van der Waals surface area contributed by atoms with E-state index in [0.717, 1.165) is 17.7 Å². The van der Waals surface area contributed by atoms with Crippen LogP contribution in [0.3, 0.4) is 0 Å². The lowest BCUT2D eigenvalue weighted by atomic mass is 10.0. The number of hydrogen-bond donors (Lipinski definition) is 0. The van der Waals surface area contributed by atoms with Crippen LogP contribution in [0.4, 0.5) is 10.1 Å². The fourth-order valence-electron chi connectivity index (χ4n) is 2.55. The second-order valence-electron chi connectivity index (χ2n) is 4.89. The van der Waals surface area contributed by atoms with Crippen molar-refractivity contribution >= 4 is 27.5 Å². The lowest BCUT2D eigenvalue weighted by molar-refractivity contribution is -0.119. The van der Waals surface area contributed by atoms with E-state index in [4.69, 9.17) is 0 Å². The maximum Gasteiger partial charge on any atom is 0.227 e. The van der Waals surface area contributed by atoms with Gasteiger partial charge in [0.05, 0.1) is 6.54 Å². The second kappa shape index (κ2) is 5.37. The van der Waals surface area contributed by atoms with Gasteiger partial charge in [0.2, 0.25) is 5.91 Å². The predicted octanol–water partition coefficient (Wildman–Crippen LogP) is 4.07. The molecular weight excluding hydrogens is 321 g/mol. The zero-order chi connectivity index (χ0) is 14.1. The van der Waals surface area contributed by atoms with Gasteiger partial charge in [-0.3, -0.25) is 4.79 Å². The molecule has 0 fully saturated rings. The Balaban J connectivity index is 1.95. The Morgan fingerprint density at radius 3 is 2.75 bits per heavy atom. The molecule has 0 bridgehead atoms. The summed E-state index contributed by atoms with van der Waals surface area (Å²) in [5.41, 5.74) is 2.88. The van der Waals surface area contributed by atoms with E-state index in [1.807, 2.05) is 30.3 Å². The summed E-state index contributed by atoms with van der Waals surface area (Å²) in [5, 5.41) is 0. The van der Waals surface area contributed by atoms with Gasteiger partial charge in [-0.2, -0.15) is 0 Å². The molecule has 0 unspecified atom stereocenters. The zero-order valence-electron chi connectivity index (χ0n) is 10.8. The largest absolute Gasteiger partial charge is 0.308 e. The fourth-order valence-corrected chi connectivity index (χ4v) is 3.07. The number of halogens is 2. The molecule has 0 saturated heterocycles. The van der Waals surface area contributed by atoms with Crippen molar-refractivity contribution < 1.29 is 9.18 Å². The highest BCUT2D eigenvalue weighted by molar-refractivity contribution is 9.10. The third-order valence-electron chi connectivity index (χ3n) is 3.45. The number of anilines is 1. The van der Waals surface area contributed by atoms with Gasteiger partial charge in [0.15, 0.2) is 0 Å². The zero-order valence-corrected chi connectivity index (χ0v) is 12.4. The minimum Gasteiger partial charge on any atom is -0.308 e. The minimum atomic E-state index is -0.299. The highest BCUT2D eigenvalue weighted by Gasteiger charge is 2.23. The Hall–Kier alpha value is -1.68. The molecule has 0 N–H and O–H groups in total. The van der Waals surface area contributed by atoms with Crippen molar-refractivity contribution in [2.45, 2.75) is 19.4 Å². The number of carbonyl (C=O) groups is 1. The lowest BCUT2D eigenvalue weighted by Gasteiger charge is -2.29. The number of carbonyl (C=O) groups excluding carboxylic acids is 1. The molecule has 2 aromatic rings. The van der Waals surface area contributed by atoms with Crippen LogP contribution in [-0.2, 0) is 17.8 Å². The Labute approximate surface area is 125 Å². The van der Waals surface area contributed by atoms with Gasteiger partial charge in [0.1, 0.15) is 5.82 Å². The Kier molecular flexibility index (Phi) is 3.57. The van der Waals surface area contributed by atoms with Gasteiger partial charge < -0.3 is 4.90 Å². The van der Waals surface area contributed by atoms with Crippen LogP contribution in [-0.4, -0.2) is 5.91 Å². The highest BCUT2D eigenvalue weighted by atomic mass is 79.9. The van der Waals surface area contributed by atoms with E-state index in [2.05, 4.69) is 15.9 Å². The van der Waals surface area contributed by atoms with E-state index in [-0.39, 0.29) is 11.7 Å². The summed E-state index contributed by atoms with van der Waals surface area (Å²) in [6.45, 7) is 0.395. The van der Waals surface area contributed by atoms with Crippen LogP contribution in [0.15, 0.2) is 46.9 Å². The first-order chi connectivity index (χ1) is 9.63. The molecule has 0 aliphatic carbocycles. The van der Waals surface area contributed by atoms with Crippen molar-refractivity contribution in [3.05, 3.63) is 63.9 Å². The molecule has 4 heteroatoms. The van der Waals surface area contributed by atoms with Crippen molar-refractivity contribution in [2.24, 2.45) is 0 Å². The summed E-state index contributed by atoms with van der Waals surface area (Å²) in [4.78, 5) is 13.9. The Bertz CT molecular complexity index is 651. The van der Waals surface area contributed by atoms with Crippen molar-refractivity contribution in [3.8, 4) is 0 Å². The normalized spacial score (nSPS) is 14.3. The van der Waals surface area contributed by atoms with Crippen molar-refractivity contribution in [2.75, 3.05) is 4.90 Å². The van der Waals surface area contributed by atoms with Crippen LogP contribution in [0.5, 0.6) is 0 Å². The summed E-state index contributed by atoms with van der Waals surface area (Å²) >= 11 is 3.28. The Morgan fingerprint density at radius 2 is 1.95 bits per heavy atom. The standard InChI is InChI=1S/C16H13BrFNO/c17-13-7-11(8-14(18)9-13)10-19-15-4-2-1-3-12(15)5-6-16(19)20/h1-4,7-9H,5-6,10H2. The van der Waals surface area contributed by atoms with Crippen LogP contribution >= 0.6 is 15.9 Å². The molecule has 0 saturated carbocycles. The van der Waals surface area contributed by atoms with Crippen molar-refractivity contribution in [1.82, 2.24) is 0 Å². The quantitative estimate of drug-likeness (QED) is 0.811. The van der Waals surface area contributed by atoms with Crippen LogP contribution in [0, 0.1) is 5.82 Å². The molecule has 1 aliphatic heterocycles. The van der Waals surface area contributed by atoms with E-state index in [0.29, 0.717) is 17.4 Å². The van der Waals surface area contributed by atoms with Gasteiger partial charge in [0, 0.05) is 16.6 Å². The number of para-hydroxylation sites is 1. The third-order valence-corrected chi connectivity index (χ3v) is 3.91. The molecule has 0 radical (unpaired) electrons. The summed E-state index contributed by atoms with van der Waals surface area (Å²) < 4.78 is 14.1. The smallest absolute Gasteiger partial charge is 0.227 e. The van der Waals surface area contributed by atoms with Gasteiger partial charge in [0.25, 0.3) is 0 Å². The number of hydrogen-bond acceptors (Lipinski definition) is 1.